The molecule has 1 aliphatic rings. The highest BCUT2D eigenvalue weighted by molar-refractivity contribution is 5.99. The highest BCUT2D eigenvalue weighted by Gasteiger charge is 2.35. The molecule has 1 aliphatic heterocycles. The van der Waals surface area contributed by atoms with E-state index in [1.54, 1.807) is 4.90 Å². The highest BCUT2D eigenvalue weighted by Crippen LogP contribution is 2.34. The van der Waals surface area contributed by atoms with Crippen molar-refractivity contribution < 1.29 is 14.3 Å². The number of amides is 2. The Morgan fingerprint density at radius 2 is 1.57 bits per heavy atom. The molecule has 5 nitrogen and oxygen atoms in total. The van der Waals surface area contributed by atoms with Gasteiger partial charge in [0.2, 0.25) is 5.91 Å². The van der Waals surface area contributed by atoms with E-state index in [4.69, 9.17) is 4.74 Å². The van der Waals surface area contributed by atoms with Gasteiger partial charge in [-0.3, -0.25) is 9.59 Å². The third-order valence-corrected chi connectivity index (χ3v) is 6.74. The van der Waals surface area contributed by atoms with Crippen molar-refractivity contribution in [1.82, 2.24) is 10.2 Å². The van der Waals surface area contributed by atoms with Gasteiger partial charge in [-0.2, -0.15) is 0 Å². The minimum absolute atomic E-state index is 0.178. The lowest BCUT2D eigenvalue weighted by Gasteiger charge is -2.32. The Bertz CT molecular complexity index is 1380. The highest BCUT2D eigenvalue weighted by atomic mass is 16.5. The number of benzene rings is 4. The second-order valence-electron chi connectivity index (χ2n) is 9.32. The molecule has 0 aliphatic carbocycles. The van der Waals surface area contributed by atoms with Crippen LogP contribution in [0.2, 0.25) is 0 Å². The number of rotatable bonds is 6. The van der Waals surface area contributed by atoms with E-state index in [0.717, 1.165) is 22.3 Å². The lowest BCUT2D eigenvalue weighted by molar-refractivity contribution is -0.126. The second-order valence-corrected chi connectivity index (χ2v) is 9.32. The van der Waals surface area contributed by atoms with Gasteiger partial charge < -0.3 is 15.0 Å². The third kappa shape index (κ3) is 5.56. The number of carbonyl (C=O) groups excluding carboxylic acids is 2. The maximum atomic E-state index is 14.1. The minimum atomic E-state index is -0.844. The minimum Gasteiger partial charge on any atom is -0.489 e. The van der Waals surface area contributed by atoms with Crippen LogP contribution in [0.15, 0.2) is 103 Å². The number of ether oxygens (including phenoxy) is 1. The topological polar surface area (TPSA) is 58.6 Å². The van der Waals surface area contributed by atoms with E-state index in [1.807, 2.05) is 110 Å². The largest absolute Gasteiger partial charge is 0.489 e. The van der Waals surface area contributed by atoms with Gasteiger partial charge in [-0.15, -0.1) is 0 Å². The summed E-state index contributed by atoms with van der Waals surface area (Å²) in [6.07, 6.45) is 0.625. The first-order valence-electron chi connectivity index (χ1n) is 12.6. The molecule has 5 rings (SSSR count). The van der Waals surface area contributed by atoms with E-state index in [9.17, 15) is 9.59 Å². The summed E-state index contributed by atoms with van der Waals surface area (Å²) in [5.41, 5.74) is 5.30. The van der Waals surface area contributed by atoms with Crippen LogP contribution >= 0.6 is 0 Å². The van der Waals surface area contributed by atoms with Crippen molar-refractivity contribution in [3.63, 3.8) is 0 Å². The zero-order valence-corrected chi connectivity index (χ0v) is 20.9. The Kier molecular flexibility index (Phi) is 7.31. The van der Waals surface area contributed by atoms with Crippen molar-refractivity contribution in [3.05, 3.63) is 137 Å². The SMILES string of the molecule is Cc1ccc(CNC(=O)C2c3ccccc3OCc3ccccc3C(=O)N2CCc2ccccc2)cc1. The molecule has 37 heavy (non-hydrogen) atoms. The lowest BCUT2D eigenvalue weighted by Crippen LogP contribution is -2.44. The first-order valence-corrected chi connectivity index (χ1v) is 12.6. The average molecular weight is 491 g/mol. The van der Waals surface area contributed by atoms with Crippen LogP contribution in [0.5, 0.6) is 5.75 Å². The van der Waals surface area contributed by atoms with E-state index in [2.05, 4.69) is 5.32 Å². The van der Waals surface area contributed by atoms with E-state index < -0.39 is 6.04 Å². The van der Waals surface area contributed by atoms with Gasteiger partial charge in [-0.1, -0.05) is 96.6 Å². The Balaban J connectivity index is 1.54. The molecule has 1 N–H and O–H groups in total. The van der Waals surface area contributed by atoms with Gasteiger partial charge in [0.15, 0.2) is 0 Å². The number of hydrogen-bond acceptors (Lipinski definition) is 3. The van der Waals surface area contributed by atoms with Crippen molar-refractivity contribution >= 4 is 11.8 Å². The van der Waals surface area contributed by atoms with Crippen LogP contribution < -0.4 is 10.1 Å². The molecule has 1 heterocycles. The molecule has 0 spiro atoms. The Morgan fingerprint density at radius 1 is 0.865 bits per heavy atom. The van der Waals surface area contributed by atoms with Crippen LogP contribution in [0.25, 0.3) is 0 Å². The quantitative estimate of drug-likeness (QED) is 0.381. The van der Waals surface area contributed by atoms with Crippen molar-refractivity contribution in [2.75, 3.05) is 6.54 Å². The van der Waals surface area contributed by atoms with Crippen molar-refractivity contribution in [1.29, 1.82) is 0 Å². The van der Waals surface area contributed by atoms with Crippen molar-refractivity contribution in [2.24, 2.45) is 0 Å². The fourth-order valence-corrected chi connectivity index (χ4v) is 4.69. The van der Waals surface area contributed by atoms with Crippen LogP contribution in [-0.4, -0.2) is 23.3 Å². The van der Waals surface area contributed by atoms with Gasteiger partial charge in [0, 0.05) is 29.8 Å². The molecule has 2 amide bonds. The van der Waals surface area contributed by atoms with Crippen LogP contribution in [0.3, 0.4) is 0 Å². The molecular weight excluding hydrogens is 460 g/mol. The summed E-state index contributed by atoms with van der Waals surface area (Å²) in [6.45, 7) is 3.04. The summed E-state index contributed by atoms with van der Waals surface area (Å²) >= 11 is 0. The summed E-state index contributed by atoms with van der Waals surface area (Å²) in [5, 5.41) is 3.08. The number of nitrogens with one attached hydrogen (secondary N) is 1. The standard InChI is InChI=1S/C32H30N2O3/c1-23-15-17-25(18-16-23)21-33-31(35)30-28-13-7-8-14-29(28)37-22-26-11-5-6-12-27(26)32(36)34(30)20-19-24-9-3-2-4-10-24/h2-18,30H,19-22H2,1H3,(H,33,35). The molecule has 4 aromatic rings. The number of carbonyl (C=O) groups is 2. The monoisotopic (exact) mass is 490 g/mol. The summed E-state index contributed by atoms with van der Waals surface area (Å²) in [7, 11) is 0. The molecule has 5 heteroatoms. The summed E-state index contributed by atoms with van der Waals surface area (Å²) in [6, 6.07) is 32.2. The van der Waals surface area contributed by atoms with E-state index in [0.29, 0.717) is 36.4 Å². The number of nitrogens with zero attached hydrogens (tertiary/aromatic N) is 1. The van der Waals surface area contributed by atoms with Gasteiger partial charge in [0.1, 0.15) is 18.4 Å². The molecule has 0 fully saturated rings. The normalized spacial score (nSPS) is 14.9. The maximum absolute atomic E-state index is 14.1. The number of hydrogen-bond donors (Lipinski definition) is 1. The lowest BCUT2D eigenvalue weighted by atomic mass is 10.00. The van der Waals surface area contributed by atoms with Crippen LogP contribution in [0.4, 0.5) is 0 Å². The molecule has 1 atom stereocenters. The molecule has 0 radical (unpaired) electrons. The van der Waals surface area contributed by atoms with E-state index in [-0.39, 0.29) is 18.4 Å². The van der Waals surface area contributed by atoms with Crippen LogP contribution in [0.1, 0.15) is 44.2 Å². The van der Waals surface area contributed by atoms with Gasteiger partial charge in [0.05, 0.1) is 0 Å². The molecule has 0 saturated carbocycles. The predicted molar refractivity (Wildman–Crippen MR) is 144 cm³/mol. The fourth-order valence-electron chi connectivity index (χ4n) is 4.69. The van der Waals surface area contributed by atoms with Gasteiger partial charge in [0.25, 0.3) is 5.91 Å². The predicted octanol–water partition coefficient (Wildman–Crippen LogP) is 5.63. The number of aryl methyl sites for hydroxylation is 1. The van der Waals surface area contributed by atoms with Gasteiger partial charge in [-0.05, 0) is 36.6 Å². The molecule has 0 aromatic heterocycles. The molecule has 186 valence electrons. The fraction of sp³-hybridized carbons (Fsp3) is 0.188. The third-order valence-electron chi connectivity index (χ3n) is 6.74. The summed E-state index contributed by atoms with van der Waals surface area (Å²) in [4.78, 5) is 29.7. The van der Waals surface area contributed by atoms with Crippen LogP contribution in [0, 0.1) is 6.92 Å². The maximum Gasteiger partial charge on any atom is 0.255 e. The zero-order valence-electron chi connectivity index (χ0n) is 20.9. The smallest absolute Gasteiger partial charge is 0.255 e. The Labute approximate surface area is 217 Å². The van der Waals surface area contributed by atoms with Crippen LogP contribution in [-0.2, 0) is 24.4 Å². The average Bonchev–Trinajstić information content (AvgIpc) is 2.98. The van der Waals surface area contributed by atoms with E-state index in [1.165, 1.54) is 0 Å². The Morgan fingerprint density at radius 3 is 2.38 bits per heavy atom. The summed E-state index contributed by atoms with van der Waals surface area (Å²) in [5.74, 6) is 0.187. The summed E-state index contributed by atoms with van der Waals surface area (Å²) < 4.78 is 6.19. The molecule has 0 bridgehead atoms. The van der Waals surface area contributed by atoms with E-state index >= 15 is 0 Å². The number of fused-ring (bicyclic) bond motifs is 2. The molecule has 1 unspecified atom stereocenters. The zero-order chi connectivity index (χ0) is 25.6. The molecule has 0 saturated heterocycles. The Hall–Kier alpha value is -4.38. The first kappa shape index (κ1) is 24.3. The molecule has 4 aromatic carbocycles. The van der Waals surface area contributed by atoms with Crippen molar-refractivity contribution in [3.8, 4) is 5.75 Å². The van der Waals surface area contributed by atoms with Gasteiger partial charge in [-0.25, -0.2) is 0 Å². The van der Waals surface area contributed by atoms with Crippen molar-refractivity contribution in [2.45, 2.75) is 32.5 Å². The van der Waals surface area contributed by atoms with Gasteiger partial charge >= 0.3 is 0 Å². The first-order chi connectivity index (χ1) is 18.1. The number of para-hydroxylation sites is 1. The molecular formula is C32H30N2O3. The second kappa shape index (κ2) is 11.1.